The molecule has 0 aliphatic heterocycles. The topological polar surface area (TPSA) is 41.2 Å². The normalized spacial score (nSPS) is 14.1. The summed E-state index contributed by atoms with van der Waals surface area (Å²) in [6.45, 7) is 2.25. The Labute approximate surface area is 43.3 Å². The minimum Gasteiger partial charge on any atom is -0.338 e. The Morgan fingerprint density at radius 2 is 2.43 bits per heavy atom. The third kappa shape index (κ3) is 3.72. The van der Waals surface area contributed by atoms with E-state index in [0.29, 0.717) is 6.61 Å². The molecule has 0 fully saturated rings. The van der Waals surface area contributed by atoms with Crippen molar-refractivity contribution in [3.63, 3.8) is 0 Å². The van der Waals surface area contributed by atoms with E-state index in [1.807, 2.05) is 0 Å². The molecular weight excluding hydrogens is 94.0 g/mol. The molecule has 3 heteroatoms. The molecule has 0 spiro atoms. The molecule has 0 saturated heterocycles. The van der Waals surface area contributed by atoms with Crippen LogP contribution in [0.5, 0.6) is 0 Å². The van der Waals surface area contributed by atoms with Gasteiger partial charge in [0.05, 0.1) is 0 Å². The van der Waals surface area contributed by atoms with Crippen LogP contribution < -0.4 is 5.32 Å². The molecule has 7 heavy (non-hydrogen) atoms. The predicted molar refractivity (Wildman–Crippen MR) is 25.2 cm³/mol. The van der Waals surface area contributed by atoms with E-state index in [1.54, 1.807) is 14.0 Å². The highest BCUT2D eigenvalue weighted by molar-refractivity contribution is 4.23. The first-order chi connectivity index (χ1) is 3.31. The Kier molecular flexibility index (Phi) is 3.98. The number of hydrogen-bond donors (Lipinski definition) is 1. The summed E-state index contributed by atoms with van der Waals surface area (Å²) < 4.78 is 4.52. The summed E-state index contributed by atoms with van der Waals surface area (Å²) in [4.78, 5) is 0. The Hall–Kier alpha value is -0.120. The van der Waals surface area contributed by atoms with Crippen LogP contribution in [0, 0.1) is 0 Å². The lowest BCUT2D eigenvalue weighted by molar-refractivity contribution is -0.152. The van der Waals surface area contributed by atoms with Crippen LogP contribution in [-0.2, 0) is 9.84 Å². The maximum atomic E-state index is 10.2. The minimum atomic E-state index is -1.05. The van der Waals surface area contributed by atoms with Crippen LogP contribution in [0.4, 0.5) is 0 Å². The van der Waals surface area contributed by atoms with Crippen LogP contribution in [-0.4, -0.2) is 20.1 Å². The standard InChI is InChI=1S/C4H10NO2/c1-3-7-4(6)5-2/h4-5H,3H2,1-2H3. The van der Waals surface area contributed by atoms with Crippen molar-refractivity contribution in [2.75, 3.05) is 13.7 Å². The van der Waals surface area contributed by atoms with Crippen molar-refractivity contribution in [3.8, 4) is 0 Å². The predicted octanol–water partition coefficient (Wildman–Crippen LogP) is -0.0436. The molecule has 0 saturated carbocycles. The largest absolute Gasteiger partial charge is 0.338 e. The quantitative estimate of drug-likeness (QED) is 0.510. The molecule has 0 aliphatic rings. The lowest BCUT2D eigenvalue weighted by Crippen LogP contribution is -2.25. The zero-order chi connectivity index (χ0) is 5.70. The van der Waals surface area contributed by atoms with Crippen LogP contribution in [0.3, 0.4) is 0 Å². The van der Waals surface area contributed by atoms with Gasteiger partial charge in [-0.2, -0.15) is 5.11 Å². The van der Waals surface area contributed by atoms with Crippen molar-refractivity contribution in [3.05, 3.63) is 0 Å². The molecule has 1 unspecified atom stereocenters. The minimum absolute atomic E-state index is 0.467. The summed E-state index contributed by atoms with van der Waals surface area (Å²) in [5.74, 6) is 0. The molecule has 0 aromatic heterocycles. The highest BCUT2D eigenvalue weighted by Gasteiger charge is 1.95. The lowest BCUT2D eigenvalue weighted by Gasteiger charge is -2.03. The summed E-state index contributed by atoms with van der Waals surface area (Å²) in [7, 11) is 1.56. The van der Waals surface area contributed by atoms with E-state index in [4.69, 9.17) is 0 Å². The Morgan fingerprint density at radius 1 is 1.86 bits per heavy atom. The number of ether oxygens (including phenoxy) is 1. The molecule has 3 nitrogen and oxygen atoms in total. The smallest absolute Gasteiger partial charge is 0.247 e. The van der Waals surface area contributed by atoms with Crippen molar-refractivity contribution in [1.29, 1.82) is 0 Å². The van der Waals surface area contributed by atoms with Gasteiger partial charge in [-0.1, -0.05) is 0 Å². The van der Waals surface area contributed by atoms with E-state index in [-0.39, 0.29) is 0 Å². The van der Waals surface area contributed by atoms with Gasteiger partial charge in [0.15, 0.2) is 0 Å². The van der Waals surface area contributed by atoms with Gasteiger partial charge in [0.1, 0.15) is 0 Å². The first-order valence-electron chi connectivity index (χ1n) is 2.26. The fourth-order valence-corrected chi connectivity index (χ4v) is 0.235. The van der Waals surface area contributed by atoms with E-state index in [1.165, 1.54) is 0 Å². The third-order valence-corrected chi connectivity index (χ3v) is 0.554. The average Bonchev–Trinajstić information content (AvgIpc) is 1.68. The molecule has 0 aromatic rings. The van der Waals surface area contributed by atoms with Crippen molar-refractivity contribution in [2.24, 2.45) is 0 Å². The van der Waals surface area contributed by atoms with Gasteiger partial charge >= 0.3 is 0 Å². The molecule has 0 amide bonds. The molecular formula is C4H10NO2. The van der Waals surface area contributed by atoms with Crippen molar-refractivity contribution in [2.45, 2.75) is 13.3 Å². The summed E-state index contributed by atoms with van der Waals surface area (Å²) in [6.07, 6.45) is -1.05. The molecule has 1 atom stereocenters. The Bertz CT molecular complexity index is 40.7. The van der Waals surface area contributed by atoms with Crippen molar-refractivity contribution < 1.29 is 9.84 Å². The van der Waals surface area contributed by atoms with Gasteiger partial charge in [0, 0.05) is 6.61 Å². The third-order valence-electron chi connectivity index (χ3n) is 0.554. The summed E-state index contributed by atoms with van der Waals surface area (Å²) in [6, 6.07) is 0. The Morgan fingerprint density at radius 3 is 2.57 bits per heavy atom. The number of rotatable bonds is 3. The van der Waals surface area contributed by atoms with E-state index in [9.17, 15) is 5.11 Å². The summed E-state index contributed by atoms with van der Waals surface area (Å²) in [5, 5.41) is 12.5. The van der Waals surface area contributed by atoms with Crippen LogP contribution in [0.1, 0.15) is 6.92 Å². The van der Waals surface area contributed by atoms with Gasteiger partial charge in [0.25, 0.3) is 0 Å². The summed E-state index contributed by atoms with van der Waals surface area (Å²) in [5.41, 5.74) is 0. The van der Waals surface area contributed by atoms with Gasteiger partial charge in [-0.15, -0.1) is 0 Å². The molecule has 43 valence electrons. The van der Waals surface area contributed by atoms with Gasteiger partial charge in [-0.05, 0) is 14.0 Å². The molecule has 0 rings (SSSR count). The van der Waals surface area contributed by atoms with Gasteiger partial charge in [0.2, 0.25) is 6.41 Å². The maximum Gasteiger partial charge on any atom is 0.247 e. The molecule has 0 bridgehead atoms. The summed E-state index contributed by atoms with van der Waals surface area (Å²) >= 11 is 0. The highest BCUT2D eigenvalue weighted by atomic mass is 16.6. The molecule has 0 aliphatic carbocycles. The number of hydrogen-bond acceptors (Lipinski definition) is 2. The average molecular weight is 104 g/mol. The molecule has 1 N–H and O–H groups in total. The van der Waals surface area contributed by atoms with E-state index >= 15 is 0 Å². The lowest BCUT2D eigenvalue weighted by atomic mass is 10.8. The first-order valence-corrected chi connectivity index (χ1v) is 2.26. The maximum absolute atomic E-state index is 10.2. The van der Waals surface area contributed by atoms with Gasteiger partial charge in [-0.3, -0.25) is 5.32 Å². The zero-order valence-corrected chi connectivity index (χ0v) is 4.60. The van der Waals surface area contributed by atoms with E-state index in [2.05, 4.69) is 10.1 Å². The van der Waals surface area contributed by atoms with Crippen LogP contribution in [0.25, 0.3) is 0 Å². The van der Waals surface area contributed by atoms with Crippen molar-refractivity contribution >= 4 is 0 Å². The second-order valence-electron chi connectivity index (χ2n) is 1.08. The van der Waals surface area contributed by atoms with E-state index in [0.717, 1.165) is 0 Å². The Balaban J connectivity index is 2.83. The van der Waals surface area contributed by atoms with Crippen LogP contribution in [0.2, 0.25) is 0 Å². The second kappa shape index (κ2) is 4.05. The SMILES string of the molecule is CCOC([O])NC. The molecule has 0 heterocycles. The molecule has 0 aromatic carbocycles. The zero-order valence-electron chi connectivity index (χ0n) is 4.60. The molecule has 1 radical (unpaired) electrons. The van der Waals surface area contributed by atoms with Gasteiger partial charge in [-0.25, -0.2) is 0 Å². The fraction of sp³-hybridized carbons (Fsp3) is 1.00. The fourth-order valence-electron chi connectivity index (χ4n) is 0.235. The van der Waals surface area contributed by atoms with Gasteiger partial charge < -0.3 is 4.74 Å². The second-order valence-corrected chi connectivity index (χ2v) is 1.08. The van der Waals surface area contributed by atoms with E-state index < -0.39 is 6.41 Å². The van der Waals surface area contributed by atoms with Crippen LogP contribution in [0.15, 0.2) is 0 Å². The highest BCUT2D eigenvalue weighted by Crippen LogP contribution is 1.76. The van der Waals surface area contributed by atoms with Crippen LogP contribution >= 0.6 is 0 Å². The first kappa shape index (κ1) is 6.88. The van der Waals surface area contributed by atoms with Crippen molar-refractivity contribution in [1.82, 2.24) is 5.32 Å². The monoisotopic (exact) mass is 104 g/mol. The number of nitrogens with one attached hydrogen (secondary N) is 1.